The Morgan fingerprint density at radius 3 is 2.73 bits per heavy atom. The fraction of sp³-hybridized carbons (Fsp3) is 0.364. The van der Waals surface area contributed by atoms with Gasteiger partial charge in [-0.05, 0) is 18.6 Å². The molecule has 1 amide bonds. The largest absolute Gasteiger partial charge is 0.377 e. The summed E-state index contributed by atoms with van der Waals surface area (Å²) in [5, 5.41) is 3.70. The van der Waals surface area contributed by atoms with Crippen molar-refractivity contribution < 1.29 is 9.59 Å². The van der Waals surface area contributed by atoms with Gasteiger partial charge < -0.3 is 15.1 Å². The van der Waals surface area contributed by atoms with E-state index in [1.807, 2.05) is 69.1 Å². The Hall–Kier alpha value is -3.00. The van der Waals surface area contributed by atoms with Gasteiger partial charge in [-0.3, -0.25) is 9.59 Å². The van der Waals surface area contributed by atoms with Crippen LogP contribution in [0.15, 0.2) is 41.2 Å². The number of likely N-dealkylation sites (N-methyl/N-ethyl adjacent to an activating group) is 1. The van der Waals surface area contributed by atoms with Crippen LogP contribution in [0.4, 0.5) is 11.4 Å². The Morgan fingerprint density at radius 1 is 1.27 bits per heavy atom. The number of hydrogen-bond donors (Lipinski definition) is 1. The molecule has 0 saturated heterocycles. The molecule has 1 aliphatic rings. The molecule has 7 nitrogen and oxygen atoms in total. The summed E-state index contributed by atoms with van der Waals surface area (Å²) in [4.78, 5) is 37.4. The van der Waals surface area contributed by atoms with E-state index in [2.05, 4.69) is 15.3 Å². The number of fused-ring (bicyclic) bond motifs is 1. The topological polar surface area (TPSA) is 77.9 Å². The molecule has 0 saturated carbocycles. The summed E-state index contributed by atoms with van der Waals surface area (Å²) in [5.41, 5.74) is 2.54. The van der Waals surface area contributed by atoms with Crippen LogP contribution in [0, 0.1) is 0 Å². The zero-order valence-electron chi connectivity index (χ0n) is 18.2. The number of hydrogen-bond acceptors (Lipinski definition) is 6. The summed E-state index contributed by atoms with van der Waals surface area (Å²) in [6, 6.07) is 1.92. The van der Waals surface area contributed by atoms with Crippen molar-refractivity contribution in [2.75, 3.05) is 32.6 Å². The zero-order valence-corrected chi connectivity index (χ0v) is 19.0. The second-order valence-electron chi connectivity index (χ2n) is 6.57. The van der Waals surface area contributed by atoms with E-state index in [0.717, 1.165) is 27.9 Å². The number of nitrogens with one attached hydrogen (secondary N) is 1. The number of amides is 1. The first kappa shape index (κ1) is 23.3. The first-order valence-corrected chi connectivity index (χ1v) is 10.8. The average molecular weight is 428 g/mol. The van der Waals surface area contributed by atoms with Crippen LogP contribution in [0.3, 0.4) is 0 Å². The Balaban J connectivity index is 0.00000155. The standard InChI is InChI=1S/C20H23N5O2S.C2H6/c1-24(2)15-9-11-22-20-18(15)19(16(12-26)28-20)23-13-25(3)14-6-4-8-17(27)21-10-5-7-14;1-2/h5-7,9,11-13H,4,8,10H2,1-3H3,(H,21,27);1-2H3/b7-5-,14-6+,23-13?;. The molecule has 2 aromatic rings. The van der Waals surface area contributed by atoms with Gasteiger partial charge in [-0.15, -0.1) is 11.3 Å². The summed E-state index contributed by atoms with van der Waals surface area (Å²) < 4.78 is 0. The molecule has 0 radical (unpaired) electrons. The molecule has 8 heteroatoms. The first-order valence-electron chi connectivity index (χ1n) is 9.95. The smallest absolute Gasteiger partial charge is 0.220 e. The summed E-state index contributed by atoms with van der Waals surface area (Å²) >= 11 is 1.34. The van der Waals surface area contributed by atoms with Gasteiger partial charge in [0.05, 0.1) is 28.0 Å². The quantitative estimate of drug-likeness (QED) is 0.441. The van der Waals surface area contributed by atoms with Crippen molar-refractivity contribution in [2.24, 2.45) is 4.99 Å². The number of nitrogens with zero attached hydrogens (tertiary/aromatic N) is 4. The van der Waals surface area contributed by atoms with Crippen LogP contribution in [-0.4, -0.2) is 56.1 Å². The SMILES string of the molecule is CC.CN(C=Nc1c(C=O)sc2nccc(N(C)C)c12)C1=C/CCC(=O)NC/C=C\1. The highest BCUT2D eigenvalue weighted by atomic mass is 32.1. The molecule has 0 aliphatic carbocycles. The Bertz CT molecular complexity index is 975. The minimum absolute atomic E-state index is 0.0440. The maximum atomic E-state index is 11.6. The van der Waals surface area contributed by atoms with Gasteiger partial charge in [0.15, 0.2) is 6.29 Å². The van der Waals surface area contributed by atoms with Crippen molar-refractivity contribution in [3.63, 3.8) is 0 Å². The highest BCUT2D eigenvalue weighted by Crippen LogP contribution is 2.40. The number of anilines is 1. The van der Waals surface area contributed by atoms with E-state index in [1.165, 1.54) is 11.3 Å². The number of thiophene rings is 1. The van der Waals surface area contributed by atoms with Crippen LogP contribution in [0.1, 0.15) is 36.4 Å². The monoisotopic (exact) mass is 427 g/mol. The highest BCUT2D eigenvalue weighted by Gasteiger charge is 2.16. The van der Waals surface area contributed by atoms with Crippen LogP contribution in [0.25, 0.3) is 10.2 Å². The molecular weight excluding hydrogens is 398 g/mol. The van der Waals surface area contributed by atoms with Gasteiger partial charge in [-0.2, -0.15) is 0 Å². The van der Waals surface area contributed by atoms with Crippen LogP contribution in [-0.2, 0) is 4.79 Å². The summed E-state index contributed by atoms with van der Waals surface area (Å²) in [6.45, 7) is 4.50. The Labute approximate surface area is 181 Å². The van der Waals surface area contributed by atoms with Crippen molar-refractivity contribution in [3.05, 3.63) is 41.1 Å². The predicted octanol–water partition coefficient (Wildman–Crippen LogP) is 4.14. The third-order valence-electron chi connectivity index (χ3n) is 4.36. The van der Waals surface area contributed by atoms with Gasteiger partial charge >= 0.3 is 0 Å². The maximum Gasteiger partial charge on any atom is 0.220 e. The van der Waals surface area contributed by atoms with E-state index in [0.29, 0.717) is 30.0 Å². The zero-order chi connectivity index (χ0) is 22.1. The number of aliphatic imine (C=N–C) groups is 1. The number of carbonyl (C=O) groups is 2. The number of allylic oxidation sites excluding steroid dienone is 2. The molecular formula is C22H29N5O2S. The van der Waals surface area contributed by atoms with Crippen molar-refractivity contribution in [1.82, 2.24) is 15.2 Å². The molecule has 0 bridgehead atoms. The second-order valence-corrected chi connectivity index (χ2v) is 7.60. The van der Waals surface area contributed by atoms with Crippen LogP contribution in [0.2, 0.25) is 0 Å². The Kier molecular flexibility index (Phi) is 8.73. The lowest BCUT2D eigenvalue weighted by Gasteiger charge is -2.15. The Morgan fingerprint density at radius 2 is 2.03 bits per heavy atom. The second kappa shape index (κ2) is 11.3. The van der Waals surface area contributed by atoms with Gasteiger partial charge in [0.25, 0.3) is 0 Å². The van der Waals surface area contributed by atoms with E-state index in [9.17, 15) is 9.59 Å². The molecule has 0 atom stereocenters. The fourth-order valence-electron chi connectivity index (χ4n) is 2.92. The molecule has 30 heavy (non-hydrogen) atoms. The van der Waals surface area contributed by atoms with E-state index in [1.54, 1.807) is 12.5 Å². The number of aromatic nitrogens is 1. The normalized spacial score (nSPS) is 17.0. The molecule has 2 aromatic heterocycles. The van der Waals surface area contributed by atoms with Gasteiger partial charge in [0, 0.05) is 46.0 Å². The van der Waals surface area contributed by atoms with Crippen molar-refractivity contribution in [2.45, 2.75) is 26.7 Å². The molecule has 0 aromatic carbocycles. The molecule has 3 heterocycles. The molecule has 1 N–H and O–H groups in total. The maximum absolute atomic E-state index is 11.6. The molecule has 3 rings (SSSR count). The number of rotatable bonds is 5. The summed E-state index contributed by atoms with van der Waals surface area (Å²) in [6.07, 6.45) is 11.2. The number of carbonyl (C=O) groups excluding carboxylic acids is 2. The van der Waals surface area contributed by atoms with Gasteiger partial charge in [-0.25, -0.2) is 9.98 Å². The van der Waals surface area contributed by atoms with Crippen LogP contribution >= 0.6 is 11.3 Å². The van der Waals surface area contributed by atoms with Crippen molar-refractivity contribution in [3.8, 4) is 0 Å². The van der Waals surface area contributed by atoms with E-state index >= 15 is 0 Å². The highest BCUT2D eigenvalue weighted by molar-refractivity contribution is 7.21. The van der Waals surface area contributed by atoms with Crippen LogP contribution in [0.5, 0.6) is 0 Å². The number of aldehydes is 1. The van der Waals surface area contributed by atoms with E-state index < -0.39 is 0 Å². The predicted molar refractivity (Wildman–Crippen MR) is 126 cm³/mol. The molecule has 1 aliphatic heterocycles. The van der Waals surface area contributed by atoms with Gasteiger partial charge in [0.1, 0.15) is 4.83 Å². The lowest BCUT2D eigenvalue weighted by Crippen LogP contribution is -2.22. The first-order chi connectivity index (χ1) is 14.5. The average Bonchev–Trinajstić information content (AvgIpc) is 3.16. The van der Waals surface area contributed by atoms with Gasteiger partial charge in [-0.1, -0.05) is 26.0 Å². The minimum atomic E-state index is 0.0440. The molecule has 0 spiro atoms. The van der Waals surface area contributed by atoms with E-state index in [-0.39, 0.29) is 5.91 Å². The lowest BCUT2D eigenvalue weighted by molar-refractivity contribution is -0.120. The minimum Gasteiger partial charge on any atom is -0.377 e. The van der Waals surface area contributed by atoms with Crippen molar-refractivity contribution in [1.29, 1.82) is 0 Å². The fourth-order valence-corrected chi connectivity index (χ4v) is 3.85. The summed E-state index contributed by atoms with van der Waals surface area (Å²) in [7, 11) is 5.80. The van der Waals surface area contributed by atoms with Crippen molar-refractivity contribution >= 4 is 51.5 Å². The number of pyridine rings is 1. The third kappa shape index (κ3) is 5.54. The molecule has 160 valence electrons. The lowest BCUT2D eigenvalue weighted by atomic mass is 10.2. The van der Waals surface area contributed by atoms with E-state index in [4.69, 9.17) is 0 Å². The van der Waals surface area contributed by atoms with Crippen LogP contribution < -0.4 is 10.2 Å². The molecule has 0 unspecified atom stereocenters. The van der Waals surface area contributed by atoms with Gasteiger partial charge in [0.2, 0.25) is 5.91 Å². The summed E-state index contributed by atoms with van der Waals surface area (Å²) in [5.74, 6) is 0.0440. The third-order valence-corrected chi connectivity index (χ3v) is 5.37. The molecule has 0 fully saturated rings.